The summed E-state index contributed by atoms with van der Waals surface area (Å²) in [6.07, 6.45) is 0. The summed E-state index contributed by atoms with van der Waals surface area (Å²) in [6.45, 7) is 8.25. The second-order valence-corrected chi connectivity index (χ2v) is 10.7. The van der Waals surface area contributed by atoms with Gasteiger partial charge >= 0.3 is 5.97 Å². The van der Waals surface area contributed by atoms with Crippen LogP contribution in [0.25, 0.3) is 0 Å². The fourth-order valence-corrected chi connectivity index (χ4v) is 4.49. The summed E-state index contributed by atoms with van der Waals surface area (Å²) >= 11 is 6.39. The van der Waals surface area contributed by atoms with Crippen LogP contribution in [0.2, 0.25) is 5.02 Å². The zero-order valence-electron chi connectivity index (χ0n) is 22.7. The summed E-state index contributed by atoms with van der Waals surface area (Å²) in [5, 5.41) is 17.6. The minimum Gasteiger partial charge on any atom is -0.481 e. The van der Waals surface area contributed by atoms with E-state index in [0.717, 1.165) is 29.2 Å². The third-order valence-corrected chi connectivity index (χ3v) is 6.25. The van der Waals surface area contributed by atoms with Crippen molar-refractivity contribution in [1.29, 1.82) is 0 Å². The highest BCUT2D eigenvalue weighted by molar-refractivity contribution is 6.30. The van der Waals surface area contributed by atoms with Gasteiger partial charge in [0.15, 0.2) is 0 Å². The highest BCUT2D eigenvalue weighted by Crippen LogP contribution is 2.31. The molecule has 0 amide bonds. The summed E-state index contributed by atoms with van der Waals surface area (Å²) < 4.78 is 6.24. The number of halogens is 1. The minimum absolute atomic E-state index is 0.0182. The number of carboxylic acids is 2. The Morgan fingerprint density at radius 3 is 1.87 bits per heavy atom. The first-order chi connectivity index (χ1) is 17.9. The SMILES string of the molecule is CC(=O)O.CN(CC(=O)O)C(COCc1cc(Cl)cc(C(C)(C)C)c1)C(c1ccccc1)c1ccccc1. The molecule has 0 fully saturated rings. The molecule has 204 valence electrons. The maximum Gasteiger partial charge on any atom is 0.317 e. The molecule has 7 heteroatoms. The van der Waals surface area contributed by atoms with Gasteiger partial charge in [-0.05, 0) is 46.8 Å². The van der Waals surface area contributed by atoms with Gasteiger partial charge in [-0.2, -0.15) is 0 Å². The molecule has 3 rings (SSSR count). The smallest absolute Gasteiger partial charge is 0.317 e. The Bertz CT molecular complexity index is 1120. The van der Waals surface area contributed by atoms with Crippen molar-refractivity contribution >= 4 is 23.5 Å². The molecular formula is C31H38ClNO5. The third kappa shape index (κ3) is 10.3. The number of likely N-dealkylation sites (N-methyl/N-ethyl adjacent to an activating group) is 1. The molecule has 6 nitrogen and oxygen atoms in total. The molecule has 0 saturated heterocycles. The molecule has 3 aromatic rings. The lowest BCUT2D eigenvalue weighted by Crippen LogP contribution is -2.43. The Labute approximate surface area is 230 Å². The highest BCUT2D eigenvalue weighted by Gasteiger charge is 2.29. The third-order valence-electron chi connectivity index (χ3n) is 6.03. The molecule has 2 N–H and O–H groups in total. The number of aliphatic carboxylic acids is 2. The number of benzene rings is 3. The molecular weight excluding hydrogens is 502 g/mol. The van der Waals surface area contributed by atoms with Crippen molar-refractivity contribution in [2.24, 2.45) is 0 Å². The molecule has 1 unspecified atom stereocenters. The van der Waals surface area contributed by atoms with Crippen molar-refractivity contribution in [3.8, 4) is 0 Å². The quantitative estimate of drug-likeness (QED) is 0.307. The Kier molecular flexibility index (Phi) is 12.0. The van der Waals surface area contributed by atoms with Gasteiger partial charge in [0, 0.05) is 23.9 Å². The summed E-state index contributed by atoms with van der Waals surface area (Å²) in [4.78, 5) is 22.4. The van der Waals surface area contributed by atoms with Crippen molar-refractivity contribution in [2.45, 2.75) is 51.7 Å². The summed E-state index contributed by atoms with van der Waals surface area (Å²) in [7, 11) is 1.85. The molecule has 0 aliphatic carbocycles. The van der Waals surface area contributed by atoms with Crippen LogP contribution in [-0.4, -0.2) is 53.3 Å². The zero-order valence-corrected chi connectivity index (χ0v) is 23.5. The van der Waals surface area contributed by atoms with Gasteiger partial charge in [-0.25, -0.2) is 0 Å². The van der Waals surface area contributed by atoms with Gasteiger partial charge in [0.2, 0.25) is 0 Å². The number of nitrogens with zero attached hydrogens (tertiary/aromatic N) is 1. The van der Waals surface area contributed by atoms with E-state index in [1.54, 1.807) is 0 Å². The van der Waals surface area contributed by atoms with Crippen molar-refractivity contribution in [2.75, 3.05) is 20.2 Å². The van der Waals surface area contributed by atoms with Crippen LogP contribution in [0, 0.1) is 0 Å². The average Bonchev–Trinajstić information content (AvgIpc) is 2.83. The predicted molar refractivity (Wildman–Crippen MR) is 152 cm³/mol. The van der Waals surface area contributed by atoms with Crippen LogP contribution in [0.15, 0.2) is 78.9 Å². The molecule has 0 spiro atoms. The van der Waals surface area contributed by atoms with E-state index in [4.69, 9.17) is 26.2 Å². The van der Waals surface area contributed by atoms with Gasteiger partial charge in [0.1, 0.15) is 0 Å². The normalized spacial score (nSPS) is 12.1. The summed E-state index contributed by atoms with van der Waals surface area (Å²) in [5.41, 5.74) is 4.39. The molecule has 0 bridgehead atoms. The maximum atomic E-state index is 11.6. The molecule has 0 saturated carbocycles. The second kappa shape index (κ2) is 14.7. The van der Waals surface area contributed by atoms with E-state index in [-0.39, 0.29) is 23.9 Å². The van der Waals surface area contributed by atoms with Crippen molar-refractivity contribution in [3.05, 3.63) is 106 Å². The lowest BCUT2D eigenvalue weighted by molar-refractivity contribution is -0.139. The molecule has 38 heavy (non-hydrogen) atoms. The van der Waals surface area contributed by atoms with E-state index in [1.165, 1.54) is 0 Å². The molecule has 0 aliphatic rings. The Balaban J connectivity index is 0.00000118. The first-order valence-corrected chi connectivity index (χ1v) is 12.9. The van der Waals surface area contributed by atoms with Crippen LogP contribution in [0.5, 0.6) is 0 Å². The fraction of sp³-hybridized carbons (Fsp3) is 0.355. The number of hydrogen-bond acceptors (Lipinski definition) is 4. The highest BCUT2D eigenvalue weighted by atomic mass is 35.5. The van der Waals surface area contributed by atoms with Crippen LogP contribution in [0.1, 0.15) is 55.9 Å². The molecule has 0 radical (unpaired) electrons. The van der Waals surface area contributed by atoms with Crippen LogP contribution in [0.3, 0.4) is 0 Å². The van der Waals surface area contributed by atoms with Gasteiger partial charge in [-0.1, -0.05) is 99.1 Å². The zero-order chi connectivity index (χ0) is 28.3. The van der Waals surface area contributed by atoms with Crippen molar-refractivity contribution in [3.63, 3.8) is 0 Å². The lowest BCUT2D eigenvalue weighted by Gasteiger charge is -2.34. The molecule has 0 aliphatic heterocycles. The topological polar surface area (TPSA) is 87.1 Å². The number of ether oxygens (including phenoxy) is 1. The van der Waals surface area contributed by atoms with E-state index in [2.05, 4.69) is 51.1 Å². The van der Waals surface area contributed by atoms with Gasteiger partial charge in [-0.15, -0.1) is 0 Å². The maximum absolute atomic E-state index is 11.6. The van der Waals surface area contributed by atoms with Crippen LogP contribution in [0.4, 0.5) is 0 Å². The van der Waals surface area contributed by atoms with Crippen molar-refractivity contribution < 1.29 is 24.5 Å². The van der Waals surface area contributed by atoms with E-state index >= 15 is 0 Å². The largest absolute Gasteiger partial charge is 0.481 e. The number of rotatable bonds is 10. The van der Waals surface area contributed by atoms with Gasteiger partial charge in [0.05, 0.1) is 19.8 Å². The molecule has 3 aromatic carbocycles. The van der Waals surface area contributed by atoms with Crippen LogP contribution < -0.4 is 0 Å². The van der Waals surface area contributed by atoms with Crippen LogP contribution >= 0.6 is 11.6 Å². The Morgan fingerprint density at radius 1 is 0.921 bits per heavy atom. The molecule has 0 heterocycles. The average molecular weight is 540 g/mol. The fourth-order valence-electron chi connectivity index (χ4n) is 4.23. The first kappa shape index (κ1) is 31.0. The lowest BCUT2D eigenvalue weighted by atomic mass is 9.84. The van der Waals surface area contributed by atoms with Gasteiger partial charge in [0.25, 0.3) is 5.97 Å². The van der Waals surface area contributed by atoms with E-state index in [9.17, 15) is 9.90 Å². The van der Waals surface area contributed by atoms with Gasteiger partial charge in [-0.3, -0.25) is 14.5 Å². The minimum atomic E-state index is -0.864. The monoisotopic (exact) mass is 539 g/mol. The Hall–Kier alpha value is -3.19. The van der Waals surface area contributed by atoms with Crippen LogP contribution in [-0.2, 0) is 26.3 Å². The number of hydrogen-bond donors (Lipinski definition) is 2. The Morgan fingerprint density at radius 2 is 1.42 bits per heavy atom. The van der Waals surface area contributed by atoms with Crippen molar-refractivity contribution in [1.82, 2.24) is 4.90 Å². The summed E-state index contributed by atoms with van der Waals surface area (Å²) in [6, 6.07) is 26.3. The number of carbonyl (C=O) groups is 2. The molecule has 0 aromatic heterocycles. The van der Waals surface area contributed by atoms with E-state index in [0.29, 0.717) is 18.2 Å². The van der Waals surface area contributed by atoms with Gasteiger partial charge < -0.3 is 14.9 Å². The predicted octanol–water partition coefficient (Wildman–Crippen LogP) is 6.46. The van der Waals surface area contributed by atoms with E-state index < -0.39 is 11.9 Å². The first-order valence-electron chi connectivity index (χ1n) is 12.5. The second-order valence-electron chi connectivity index (χ2n) is 10.3. The number of carboxylic acid groups (broad SMARTS) is 2. The standard InChI is InChI=1S/C29H34ClNO3.C2H4O2/c1-29(2,3)24-15-21(16-25(30)17-24)19-34-20-26(31(4)18-27(32)33)28(22-11-7-5-8-12-22)23-13-9-6-10-14-23;1-2(3)4/h5-17,26,28H,18-20H2,1-4H3,(H,32,33);1H3,(H,3,4). The summed E-state index contributed by atoms with van der Waals surface area (Å²) in [5.74, 6) is -1.74. The molecule has 1 atom stereocenters. The van der Waals surface area contributed by atoms with E-state index in [1.807, 2.05) is 60.5 Å².